The molecule has 0 aliphatic heterocycles. The van der Waals surface area contributed by atoms with E-state index in [1.165, 1.54) is 25.3 Å². The molecule has 138 valence electrons. The van der Waals surface area contributed by atoms with Crippen molar-refractivity contribution in [3.05, 3.63) is 60.2 Å². The number of carbonyl (C=O) groups is 1. The maximum atomic E-state index is 11.9. The largest absolute Gasteiger partial charge is 0.493 e. The Labute approximate surface area is 155 Å². The van der Waals surface area contributed by atoms with Gasteiger partial charge in [-0.25, -0.2) is 4.79 Å². The van der Waals surface area contributed by atoms with Gasteiger partial charge in [-0.2, -0.15) is 0 Å². The maximum absolute atomic E-state index is 11.9. The molecule has 0 spiro atoms. The number of hydrogen-bond donors (Lipinski definition) is 0. The number of para-hydroxylation sites is 1. The summed E-state index contributed by atoms with van der Waals surface area (Å²) >= 11 is 0. The lowest BCUT2D eigenvalue weighted by atomic mass is 10.2. The van der Waals surface area contributed by atoms with Gasteiger partial charge in [0.25, 0.3) is 0 Å². The number of ether oxygens (including phenoxy) is 3. The lowest BCUT2D eigenvalue weighted by Gasteiger charge is -2.11. The molecule has 0 N–H and O–H groups in total. The highest BCUT2D eigenvalue weighted by molar-refractivity contribution is 5.88. The van der Waals surface area contributed by atoms with Crippen LogP contribution in [0.25, 0.3) is 6.08 Å². The fraction of sp³-hybridized carbons (Fsp3) is 0.318. The first-order chi connectivity index (χ1) is 12.7. The first kappa shape index (κ1) is 19.6. The number of esters is 1. The molecule has 2 rings (SSSR count). The van der Waals surface area contributed by atoms with Crippen molar-refractivity contribution >= 4 is 12.0 Å². The van der Waals surface area contributed by atoms with Crippen LogP contribution >= 0.6 is 0 Å². The van der Waals surface area contributed by atoms with Crippen molar-refractivity contribution in [2.75, 3.05) is 13.7 Å². The Morgan fingerprint density at radius 2 is 1.81 bits per heavy atom. The number of methoxy groups -OCH3 is 1. The highest BCUT2D eigenvalue weighted by Gasteiger charge is 2.05. The molecule has 0 aliphatic carbocycles. The smallest absolute Gasteiger partial charge is 0.336 e. The first-order valence-corrected chi connectivity index (χ1v) is 8.98. The quantitative estimate of drug-likeness (QED) is 0.252. The van der Waals surface area contributed by atoms with Crippen LogP contribution in [-0.2, 0) is 4.79 Å². The molecule has 4 heteroatoms. The summed E-state index contributed by atoms with van der Waals surface area (Å²) in [4.78, 5) is 11.9. The SMILES string of the molecule is CCCCCCOc1ccc(/C=C/C(=O)Oc2ccccc2)cc1OC. The minimum Gasteiger partial charge on any atom is -0.493 e. The van der Waals surface area contributed by atoms with Gasteiger partial charge in [0.15, 0.2) is 11.5 Å². The van der Waals surface area contributed by atoms with E-state index in [-0.39, 0.29) is 0 Å². The van der Waals surface area contributed by atoms with Crippen molar-refractivity contribution in [3.8, 4) is 17.2 Å². The Hall–Kier alpha value is -2.75. The second kappa shape index (κ2) is 11.0. The highest BCUT2D eigenvalue weighted by Crippen LogP contribution is 2.28. The van der Waals surface area contributed by atoms with Crippen molar-refractivity contribution in [1.29, 1.82) is 0 Å². The van der Waals surface area contributed by atoms with Crippen LogP contribution in [0.4, 0.5) is 0 Å². The molecule has 0 atom stereocenters. The van der Waals surface area contributed by atoms with Gasteiger partial charge >= 0.3 is 5.97 Å². The summed E-state index contributed by atoms with van der Waals surface area (Å²) in [5.74, 6) is 1.46. The summed E-state index contributed by atoms with van der Waals surface area (Å²) in [5.41, 5.74) is 0.838. The molecule has 0 saturated heterocycles. The molecular formula is C22H26O4. The molecule has 2 aromatic rings. The van der Waals surface area contributed by atoms with E-state index in [0.29, 0.717) is 23.9 Å². The van der Waals surface area contributed by atoms with Crippen LogP contribution in [0.2, 0.25) is 0 Å². The van der Waals surface area contributed by atoms with Crippen molar-refractivity contribution in [2.24, 2.45) is 0 Å². The average molecular weight is 354 g/mol. The van der Waals surface area contributed by atoms with Gasteiger partial charge < -0.3 is 14.2 Å². The third-order valence-electron chi connectivity index (χ3n) is 3.82. The molecule has 0 fully saturated rings. The normalized spacial score (nSPS) is 10.7. The Morgan fingerprint density at radius 1 is 1.00 bits per heavy atom. The molecule has 0 aliphatic rings. The molecule has 0 amide bonds. The zero-order chi connectivity index (χ0) is 18.6. The first-order valence-electron chi connectivity index (χ1n) is 8.98. The Bertz CT molecular complexity index is 707. The van der Waals surface area contributed by atoms with E-state index in [2.05, 4.69) is 6.92 Å². The van der Waals surface area contributed by atoms with Gasteiger partial charge in [-0.1, -0.05) is 50.5 Å². The molecule has 0 saturated carbocycles. The van der Waals surface area contributed by atoms with Gasteiger partial charge in [-0.15, -0.1) is 0 Å². The Kier molecular flexibility index (Phi) is 8.27. The van der Waals surface area contributed by atoms with Gasteiger partial charge in [0, 0.05) is 6.08 Å². The van der Waals surface area contributed by atoms with Gasteiger partial charge in [-0.3, -0.25) is 0 Å². The van der Waals surface area contributed by atoms with Crippen molar-refractivity contribution in [3.63, 3.8) is 0 Å². The summed E-state index contributed by atoms with van der Waals surface area (Å²) in [6, 6.07) is 14.6. The van der Waals surface area contributed by atoms with E-state index in [1.807, 2.05) is 36.4 Å². The molecule has 2 aromatic carbocycles. The third kappa shape index (κ3) is 6.63. The Balaban J connectivity index is 1.92. The number of benzene rings is 2. The fourth-order valence-electron chi connectivity index (χ4n) is 2.42. The number of unbranched alkanes of at least 4 members (excludes halogenated alkanes) is 3. The van der Waals surface area contributed by atoms with Crippen LogP contribution in [0, 0.1) is 0 Å². The summed E-state index contributed by atoms with van der Waals surface area (Å²) in [5, 5.41) is 0. The molecular weight excluding hydrogens is 328 g/mol. The standard InChI is InChI=1S/C22H26O4/c1-3-4-5-9-16-25-20-14-12-18(17-21(20)24-2)13-15-22(23)26-19-10-7-6-8-11-19/h6-8,10-15,17H,3-5,9,16H2,1-2H3/b15-13+. The Morgan fingerprint density at radius 3 is 2.54 bits per heavy atom. The van der Waals surface area contributed by atoms with E-state index >= 15 is 0 Å². The van der Waals surface area contributed by atoms with Crippen molar-refractivity contribution < 1.29 is 19.0 Å². The van der Waals surface area contributed by atoms with Crippen LogP contribution in [0.15, 0.2) is 54.6 Å². The summed E-state index contributed by atoms with van der Waals surface area (Å²) in [7, 11) is 1.61. The second-order valence-corrected chi connectivity index (χ2v) is 5.89. The molecule has 4 nitrogen and oxygen atoms in total. The van der Waals surface area contributed by atoms with E-state index in [1.54, 1.807) is 25.3 Å². The number of carbonyl (C=O) groups excluding carboxylic acids is 1. The predicted molar refractivity (Wildman–Crippen MR) is 104 cm³/mol. The zero-order valence-corrected chi connectivity index (χ0v) is 15.4. The van der Waals surface area contributed by atoms with Crippen LogP contribution in [0.5, 0.6) is 17.2 Å². The summed E-state index contributed by atoms with van der Waals surface area (Å²) in [6.07, 6.45) is 7.72. The predicted octanol–water partition coefficient (Wildman–Crippen LogP) is 5.27. The fourth-order valence-corrected chi connectivity index (χ4v) is 2.42. The molecule has 0 unspecified atom stereocenters. The second-order valence-electron chi connectivity index (χ2n) is 5.89. The zero-order valence-electron chi connectivity index (χ0n) is 15.4. The molecule has 0 bridgehead atoms. The van der Waals surface area contributed by atoms with Gasteiger partial charge in [0.05, 0.1) is 13.7 Å². The number of hydrogen-bond acceptors (Lipinski definition) is 4. The van der Waals surface area contributed by atoms with Gasteiger partial charge in [-0.05, 0) is 42.3 Å². The molecule has 0 radical (unpaired) electrons. The lowest BCUT2D eigenvalue weighted by Crippen LogP contribution is -2.03. The van der Waals surface area contributed by atoms with E-state index in [9.17, 15) is 4.79 Å². The minimum atomic E-state index is -0.425. The highest BCUT2D eigenvalue weighted by atomic mass is 16.5. The third-order valence-corrected chi connectivity index (χ3v) is 3.82. The van der Waals surface area contributed by atoms with Crippen LogP contribution in [0.1, 0.15) is 38.2 Å². The van der Waals surface area contributed by atoms with Gasteiger partial charge in [0.2, 0.25) is 0 Å². The monoisotopic (exact) mass is 354 g/mol. The van der Waals surface area contributed by atoms with Crippen LogP contribution in [0.3, 0.4) is 0 Å². The van der Waals surface area contributed by atoms with Gasteiger partial charge in [0.1, 0.15) is 5.75 Å². The topological polar surface area (TPSA) is 44.8 Å². The van der Waals surface area contributed by atoms with Crippen molar-refractivity contribution in [1.82, 2.24) is 0 Å². The summed E-state index contributed by atoms with van der Waals surface area (Å²) in [6.45, 7) is 2.86. The van der Waals surface area contributed by atoms with E-state index in [4.69, 9.17) is 14.2 Å². The average Bonchev–Trinajstić information content (AvgIpc) is 2.67. The molecule has 0 heterocycles. The van der Waals surface area contributed by atoms with E-state index in [0.717, 1.165) is 12.0 Å². The lowest BCUT2D eigenvalue weighted by molar-refractivity contribution is -0.128. The van der Waals surface area contributed by atoms with Crippen molar-refractivity contribution in [2.45, 2.75) is 32.6 Å². The minimum absolute atomic E-state index is 0.425. The van der Waals surface area contributed by atoms with E-state index < -0.39 is 5.97 Å². The van der Waals surface area contributed by atoms with Crippen LogP contribution < -0.4 is 14.2 Å². The molecule has 0 aromatic heterocycles. The summed E-state index contributed by atoms with van der Waals surface area (Å²) < 4.78 is 16.4. The van der Waals surface area contributed by atoms with Crippen LogP contribution in [-0.4, -0.2) is 19.7 Å². The maximum Gasteiger partial charge on any atom is 0.336 e. The molecule has 26 heavy (non-hydrogen) atoms. The number of rotatable bonds is 10.